The monoisotopic (exact) mass is 402 g/mol. The Hall–Kier alpha value is -2.08. The lowest BCUT2D eigenvalue weighted by Gasteiger charge is -2.39. The second kappa shape index (κ2) is 9.16. The van der Waals surface area contributed by atoms with Crippen LogP contribution in [0, 0.1) is 19.8 Å². The zero-order valence-corrected chi connectivity index (χ0v) is 18.1. The third kappa shape index (κ3) is 4.74. The molecule has 2 heterocycles. The molecule has 160 valence electrons. The number of amides is 1. The van der Waals surface area contributed by atoms with Crippen molar-refractivity contribution in [2.45, 2.75) is 65.0 Å². The molecule has 1 N–H and O–H groups in total. The summed E-state index contributed by atoms with van der Waals surface area (Å²) in [6.07, 6.45) is 4.39. The first-order valence-corrected chi connectivity index (χ1v) is 10.7. The number of phenolic OH excluding ortho intramolecular Hbond substituents is 1. The molecule has 3 rings (SSSR count). The van der Waals surface area contributed by atoms with Crippen LogP contribution in [0.15, 0.2) is 12.1 Å². The molecule has 2 fully saturated rings. The second-order valence-electron chi connectivity index (χ2n) is 8.66. The molecule has 0 radical (unpaired) electrons. The molecule has 2 aliphatic rings. The number of ether oxygens (including phenoxy) is 1. The minimum Gasteiger partial charge on any atom is -0.507 e. The predicted octanol–water partition coefficient (Wildman–Crippen LogP) is 2.82. The number of esters is 1. The fraction of sp³-hybridized carbons (Fsp3) is 0.652. The minimum absolute atomic E-state index is 0.0931. The van der Waals surface area contributed by atoms with Crippen LogP contribution < -0.4 is 0 Å². The van der Waals surface area contributed by atoms with Gasteiger partial charge in [-0.2, -0.15) is 0 Å². The molecule has 2 atom stereocenters. The van der Waals surface area contributed by atoms with E-state index >= 15 is 0 Å². The van der Waals surface area contributed by atoms with E-state index in [2.05, 4.69) is 4.90 Å². The number of carbonyl (C=O) groups is 2. The van der Waals surface area contributed by atoms with Crippen LogP contribution in [0.2, 0.25) is 0 Å². The van der Waals surface area contributed by atoms with Gasteiger partial charge in [-0.25, -0.2) is 0 Å². The van der Waals surface area contributed by atoms with Crippen molar-refractivity contribution in [3.63, 3.8) is 0 Å². The van der Waals surface area contributed by atoms with Crippen molar-refractivity contribution in [3.05, 3.63) is 28.8 Å². The third-order valence-corrected chi connectivity index (χ3v) is 6.53. The van der Waals surface area contributed by atoms with Crippen molar-refractivity contribution < 1.29 is 19.4 Å². The maximum Gasteiger partial charge on any atom is 0.323 e. The molecule has 6 heteroatoms. The van der Waals surface area contributed by atoms with Crippen LogP contribution in [0.5, 0.6) is 5.75 Å². The predicted molar refractivity (Wildman–Crippen MR) is 112 cm³/mol. The first kappa shape index (κ1) is 21.6. The van der Waals surface area contributed by atoms with Crippen molar-refractivity contribution in [1.82, 2.24) is 9.80 Å². The van der Waals surface area contributed by atoms with Crippen molar-refractivity contribution in [3.8, 4) is 5.75 Å². The van der Waals surface area contributed by atoms with Gasteiger partial charge in [-0.1, -0.05) is 19.1 Å². The molecule has 2 aliphatic heterocycles. The van der Waals surface area contributed by atoms with Gasteiger partial charge in [0.05, 0.1) is 7.11 Å². The van der Waals surface area contributed by atoms with Gasteiger partial charge in [0.15, 0.2) is 0 Å². The Labute approximate surface area is 173 Å². The van der Waals surface area contributed by atoms with Gasteiger partial charge in [0.25, 0.3) is 0 Å². The number of rotatable bonds is 5. The summed E-state index contributed by atoms with van der Waals surface area (Å²) in [4.78, 5) is 29.3. The molecule has 0 bridgehead atoms. The van der Waals surface area contributed by atoms with Gasteiger partial charge in [0.1, 0.15) is 11.8 Å². The molecular weight excluding hydrogens is 368 g/mol. The summed E-state index contributed by atoms with van der Waals surface area (Å²) in [7, 11) is 1.46. The largest absolute Gasteiger partial charge is 0.507 e. The molecule has 0 aliphatic carbocycles. The lowest BCUT2D eigenvalue weighted by atomic mass is 9.95. The smallest absolute Gasteiger partial charge is 0.323 e. The van der Waals surface area contributed by atoms with Gasteiger partial charge in [0, 0.05) is 25.0 Å². The van der Waals surface area contributed by atoms with Gasteiger partial charge in [-0.05, 0) is 69.2 Å². The molecule has 6 nitrogen and oxygen atoms in total. The number of aromatic hydroxyl groups is 1. The van der Waals surface area contributed by atoms with Gasteiger partial charge in [0.2, 0.25) is 5.91 Å². The first-order valence-electron chi connectivity index (χ1n) is 10.7. The summed E-state index contributed by atoms with van der Waals surface area (Å²) in [5.41, 5.74) is 2.80. The zero-order chi connectivity index (χ0) is 21.1. The van der Waals surface area contributed by atoms with Gasteiger partial charge in [-0.3, -0.25) is 14.5 Å². The van der Waals surface area contributed by atoms with E-state index in [0.717, 1.165) is 62.0 Å². The SMILES string of the molecule is COC(=O)[C@H]1CCCN1C1CCN(C(=O)[C@H](C)Cc2cc(C)c(O)c(C)c2)CC1. The summed E-state index contributed by atoms with van der Waals surface area (Å²) in [6.45, 7) is 8.19. The molecule has 2 saturated heterocycles. The van der Waals surface area contributed by atoms with Crippen LogP contribution in [0.25, 0.3) is 0 Å². The topological polar surface area (TPSA) is 70.1 Å². The molecule has 1 aromatic rings. The average Bonchev–Trinajstić information content (AvgIpc) is 3.20. The van der Waals surface area contributed by atoms with Crippen molar-refractivity contribution in [2.24, 2.45) is 5.92 Å². The number of methoxy groups -OCH3 is 1. The molecule has 0 aromatic heterocycles. The molecule has 29 heavy (non-hydrogen) atoms. The molecular formula is C23H34N2O4. The fourth-order valence-corrected chi connectivity index (χ4v) is 4.95. The highest BCUT2D eigenvalue weighted by molar-refractivity contribution is 5.79. The van der Waals surface area contributed by atoms with Crippen LogP contribution in [0.3, 0.4) is 0 Å². The fourth-order valence-electron chi connectivity index (χ4n) is 4.95. The lowest BCUT2D eigenvalue weighted by Crippen LogP contribution is -2.51. The van der Waals surface area contributed by atoms with E-state index in [1.54, 1.807) is 0 Å². The molecule has 1 amide bonds. The maximum absolute atomic E-state index is 13.0. The van der Waals surface area contributed by atoms with Gasteiger partial charge in [-0.15, -0.1) is 0 Å². The Morgan fingerprint density at radius 2 is 1.76 bits per heavy atom. The number of piperidine rings is 1. The van der Waals surface area contributed by atoms with E-state index < -0.39 is 0 Å². The van der Waals surface area contributed by atoms with Crippen molar-refractivity contribution >= 4 is 11.9 Å². The summed E-state index contributed by atoms with van der Waals surface area (Å²) >= 11 is 0. The standard InChI is InChI=1S/C23H34N2O4/c1-15-12-18(13-16(2)21(15)26)14-17(3)22(27)24-10-7-19(8-11-24)25-9-5-6-20(25)23(28)29-4/h12-13,17,19-20,26H,5-11,14H2,1-4H3/t17-,20-/m1/s1. The lowest BCUT2D eigenvalue weighted by molar-refractivity contribution is -0.147. The number of benzene rings is 1. The second-order valence-corrected chi connectivity index (χ2v) is 8.66. The van der Waals surface area contributed by atoms with E-state index in [4.69, 9.17) is 4.74 Å². The highest BCUT2D eigenvalue weighted by atomic mass is 16.5. The summed E-state index contributed by atoms with van der Waals surface area (Å²) in [5, 5.41) is 9.95. The van der Waals surface area contributed by atoms with E-state index in [0.29, 0.717) is 18.2 Å². The number of phenols is 1. The van der Waals surface area contributed by atoms with E-state index in [1.165, 1.54) is 7.11 Å². The van der Waals surface area contributed by atoms with Crippen LogP contribution >= 0.6 is 0 Å². The number of aryl methyl sites for hydroxylation is 2. The van der Waals surface area contributed by atoms with Crippen molar-refractivity contribution in [2.75, 3.05) is 26.7 Å². The minimum atomic E-state index is -0.130. The first-order chi connectivity index (χ1) is 13.8. The Morgan fingerprint density at radius 1 is 1.14 bits per heavy atom. The summed E-state index contributed by atoms with van der Waals surface area (Å²) in [6, 6.07) is 4.17. The molecule has 0 spiro atoms. The average molecular weight is 403 g/mol. The summed E-state index contributed by atoms with van der Waals surface area (Å²) < 4.78 is 4.97. The van der Waals surface area contributed by atoms with Crippen LogP contribution in [0.1, 0.15) is 49.3 Å². The summed E-state index contributed by atoms with van der Waals surface area (Å²) in [5.74, 6) is 0.304. The van der Waals surface area contributed by atoms with Crippen LogP contribution in [-0.2, 0) is 20.7 Å². The maximum atomic E-state index is 13.0. The molecule has 0 unspecified atom stereocenters. The Morgan fingerprint density at radius 3 is 2.34 bits per heavy atom. The van der Waals surface area contributed by atoms with Crippen LogP contribution in [-0.4, -0.2) is 65.6 Å². The Kier molecular flexibility index (Phi) is 6.83. The quantitative estimate of drug-likeness (QED) is 0.767. The van der Waals surface area contributed by atoms with Crippen molar-refractivity contribution in [1.29, 1.82) is 0 Å². The zero-order valence-electron chi connectivity index (χ0n) is 18.1. The van der Waals surface area contributed by atoms with Gasteiger partial charge >= 0.3 is 5.97 Å². The highest BCUT2D eigenvalue weighted by Gasteiger charge is 2.38. The normalized spacial score (nSPS) is 21.9. The number of nitrogens with zero attached hydrogens (tertiary/aromatic N) is 2. The van der Waals surface area contributed by atoms with E-state index in [9.17, 15) is 14.7 Å². The molecule has 1 aromatic carbocycles. The highest BCUT2D eigenvalue weighted by Crippen LogP contribution is 2.28. The van der Waals surface area contributed by atoms with Crippen LogP contribution in [0.4, 0.5) is 0 Å². The number of hydrogen-bond acceptors (Lipinski definition) is 5. The van der Waals surface area contributed by atoms with Gasteiger partial charge < -0.3 is 14.7 Å². The number of likely N-dealkylation sites (tertiary alicyclic amines) is 2. The molecule has 0 saturated carbocycles. The van der Waals surface area contributed by atoms with E-state index in [1.807, 2.05) is 37.8 Å². The number of carbonyl (C=O) groups excluding carboxylic acids is 2. The Bertz CT molecular complexity index is 732. The third-order valence-electron chi connectivity index (χ3n) is 6.53. The Balaban J connectivity index is 1.55. The number of hydrogen-bond donors (Lipinski definition) is 1. The van der Waals surface area contributed by atoms with E-state index in [-0.39, 0.29) is 23.8 Å².